The molecule has 0 atom stereocenters. The summed E-state index contributed by atoms with van der Waals surface area (Å²) < 4.78 is 22.9. The summed E-state index contributed by atoms with van der Waals surface area (Å²) in [5.74, 6) is 0. The zero-order valence-electron chi connectivity index (χ0n) is 12.6. The lowest BCUT2D eigenvalue weighted by atomic mass is 11.9. The van der Waals surface area contributed by atoms with Crippen LogP contribution in [0.25, 0.3) is 0 Å². The van der Waals surface area contributed by atoms with Crippen molar-refractivity contribution >= 4 is 38.2 Å². The number of rotatable bonds is 6. The minimum Gasteiger partial charge on any atom is -0.269 e. The minimum absolute atomic E-state index is 1.04. The van der Waals surface area contributed by atoms with Gasteiger partial charge in [0.05, 0.1) is 0 Å². The standard InChI is InChI=1S/C9H30N3OPS3/c1-15(2,3)10-14(13,11-16(4,5)6)12-17(7,8)9/h1-9H3,(H3,10,11,12,13). The van der Waals surface area contributed by atoms with Gasteiger partial charge in [0.1, 0.15) is 0 Å². The third-order valence-electron chi connectivity index (χ3n) is 1.21. The highest BCUT2D eigenvalue weighted by atomic mass is 32.3. The SMILES string of the molecule is CS(C)(C)NP(=O)(NS(C)(C)C)NS(C)(C)C. The molecule has 0 aliphatic heterocycles. The van der Waals surface area contributed by atoms with Crippen LogP contribution >= 0.6 is 38.2 Å². The van der Waals surface area contributed by atoms with Crippen LogP contribution in [0.15, 0.2) is 0 Å². The summed E-state index contributed by atoms with van der Waals surface area (Å²) in [5, 5.41) is 0. The largest absolute Gasteiger partial charge is 0.303 e. The monoisotopic (exact) mass is 323 g/mol. The lowest BCUT2D eigenvalue weighted by Gasteiger charge is -2.42. The molecule has 0 fully saturated rings. The molecule has 0 aromatic carbocycles. The Morgan fingerprint density at radius 1 is 0.588 bits per heavy atom. The Hall–Kier alpha value is 1.16. The lowest BCUT2D eigenvalue weighted by Crippen LogP contribution is -2.34. The summed E-state index contributed by atoms with van der Waals surface area (Å²) in [5.41, 5.74) is 0. The molecule has 0 radical (unpaired) electrons. The Labute approximate surface area is 112 Å². The molecule has 0 unspecified atom stereocenters. The molecule has 0 heterocycles. The van der Waals surface area contributed by atoms with Gasteiger partial charge >= 0.3 is 7.59 Å². The second-order valence-corrected chi connectivity index (χ2v) is 20.8. The first kappa shape index (κ1) is 18.2. The van der Waals surface area contributed by atoms with Crippen LogP contribution in [-0.2, 0) is 4.57 Å². The van der Waals surface area contributed by atoms with Gasteiger partial charge in [-0.15, -0.1) is 0 Å². The van der Waals surface area contributed by atoms with Crippen molar-refractivity contribution in [3.05, 3.63) is 0 Å². The fourth-order valence-electron chi connectivity index (χ4n) is 1.21. The second kappa shape index (κ2) is 5.65. The molecule has 0 saturated carbocycles. The van der Waals surface area contributed by atoms with E-state index in [1.165, 1.54) is 0 Å². The molecule has 0 bridgehead atoms. The van der Waals surface area contributed by atoms with Crippen LogP contribution in [0.5, 0.6) is 0 Å². The molecule has 0 amide bonds. The van der Waals surface area contributed by atoms with E-state index in [4.69, 9.17) is 0 Å². The van der Waals surface area contributed by atoms with Crippen LogP contribution in [-0.4, -0.2) is 56.3 Å². The van der Waals surface area contributed by atoms with Gasteiger partial charge in [0, 0.05) is 0 Å². The topological polar surface area (TPSA) is 53.2 Å². The Morgan fingerprint density at radius 3 is 0.882 bits per heavy atom. The molecule has 0 spiro atoms. The van der Waals surface area contributed by atoms with Crippen molar-refractivity contribution in [2.75, 3.05) is 56.3 Å². The maximum atomic E-state index is 13.0. The highest BCUT2D eigenvalue weighted by molar-refractivity contribution is 8.38. The first-order valence-electron chi connectivity index (χ1n) is 5.14. The zero-order valence-corrected chi connectivity index (χ0v) is 15.9. The van der Waals surface area contributed by atoms with Gasteiger partial charge in [-0.05, 0) is 56.3 Å². The van der Waals surface area contributed by atoms with Gasteiger partial charge in [-0.2, -0.15) is 30.6 Å². The number of hydrogen-bond acceptors (Lipinski definition) is 1. The predicted octanol–water partition coefficient (Wildman–Crippen LogP) is 2.69. The van der Waals surface area contributed by atoms with Crippen LogP contribution in [0, 0.1) is 0 Å². The van der Waals surface area contributed by atoms with E-state index < -0.39 is 38.2 Å². The fraction of sp³-hybridized carbons (Fsp3) is 1.00. The van der Waals surface area contributed by atoms with Crippen molar-refractivity contribution in [2.45, 2.75) is 0 Å². The van der Waals surface area contributed by atoms with E-state index in [1.807, 2.05) is 0 Å². The van der Waals surface area contributed by atoms with E-state index in [-0.39, 0.29) is 0 Å². The summed E-state index contributed by atoms with van der Waals surface area (Å²) in [6.07, 6.45) is 19.0. The number of hydrogen-bond donors (Lipinski definition) is 3. The summed E-state index contributed by atoms with van der Waals surface area (Å²) in [4.78, 5) is 0. The lowest BCUT2D eigenvalue weighted by molar-refractivity contribution is 0.570. The summed E-state index contributed by atoms with van der Waals surface area (Å²) in [7, 11) is -5.84. The summed E-state index contributed by atoms with van der Waals surface area (Å²) in [6, 6.07) is 0. The van der Waals surface area contributed by atoms with Gasteiger partial charge < -0.3 is 0 Å². The fourth-order valence-corrected chi connectivity index (χ4v) is 11.9. The second-order valence-electron chi connectivity index (χ2n) is 6.39. The average Bonchev–Trinajstić information content (AvgIpc) is 1.65. The van der Waals surface area contributed by atoms with Crippen LogP contribution in [0.2, 0.25) is 0 Å². The Balaban J connectivity index is 5.03. The summed E-state index contributed by atoms with van der Waals surface area (Å²) in [6.45, 7) is 0. The van der Waals surface area contributed by atoms with Crippen molar-refractivity contribution in [3.8, 4) is 0 Å². The smallest absolute Gasteiger partial charge is 0.269 e. The average molecular weight is 324 g/mol. The van der Waals surface area contributed by atoms with Crippen LogP contribution in [0.3, 0.4) is 0 Å². The van der Waals surface area contributed by atoms with Crippen molar-refractivity contribution < 1.29 is 4.57 Å². The zero-order chi connectivity index (χ0) is 14.1. The van der Waals surface area contributed by atoms with Gasteiger partial charge in [-0.1, -0.05) is 0 Å². The molecule has 110 valence electrons. The van der Waals surface area contributed by atoms with Gasteiger partial charge in [-0.25, -0.2) is 13.5 Å². The molecule has 3 N–H and O–H groups in total. The van der Waals surface area contributed by atoms with Crippen LogP contribution in [0.1, 0.15) is 0 Å². The van der Waals surface area contributed by atoms with E-state index in [0.717, 1.165) is 0 Å². The van der Waals surface area contributed by atoms with Gasteiger partial charge in [-0.3, -0.25) is 4.57 Å². The Kier molecular flexibility index (Phi) is 6.04. The quantitative estimate of drug-likeness (QED) is 0.658. The van der Waals surface area contributed by atoms with E-state index >= 15 is 0 Å². The Bertz CT molecular complexity index is 257. The van der Waals surface area contributed by atoms with Gasteiger partial charge in [0.25, 0.3) is 0 Å². The van der Waals surface area contributed by atoms with E-state index in [9.17, 15) is 4.57 Å². The predicted molar refractivity (Wildman–Crippen MR) is 93.1 cm³/mol. The molecule has 0 saturated heterocycles. The van der Waals surface area contributed by atoms with Crippen molar-refractivity contribution in [1.29, 1.82) is 0 Å². The third kappa shape index (κ3) is 10.7. The minimum atomic E-state index is -2.72. The molecule has 0 aliphatic carbocycles. The molecule has 8 heteroatoms. The molecule has 0 aliphatic rings. The Morgan fingerprint density at radius 2 is 0.765 bits per heavy atom. The third-order valence-corrected chi connectivity index (χ3v) is 10.9. The molecular weight excluding hydrogens is 293 g/mol. The normalized spacial score (nSPS) is 17.9. The molecule has 17 heavy (non-hydrogen) atoms. The molecular formula is C9H30N3OPS3. The highest BCUT2D eigenvalue weighted by Gasteiger charge is 2.31. The molecule has 0 aromatic heterocycles. The summed E-state index contributed by atoms with van der Waals surface area (Å²) >= 11 is 0. The first-order chi connectivity index (χ1) is 7.12. The maximum Gasteiger partial charge on any atom is 0.303 e. The van der Waals surface area contributed by atoms with Crippen molar-refractivity contribution in [3.63, 3.8) is 0 Å². The van der Waals surface area contributed by atoms with E-state index in [2.05, 4.69) is 69.8 Å². The number of nitrogens with one attached hydrogen (secondary N) is 3. The van der Waals surface area contributed by atoms with E-state index in [0.29, 0.717) is 0 Å². The van der Waals surface area contributed by atoms with Crippen LogP contribution in [0.4, 0.5) is 0 Å². The first-order valence-corrected chi connectivity index (χ1v) is 15.4. The molecule has 0 aromatic rings. The van der Waals surface area contributed by atoms with Crippen LogP contribution < -0.4 is 13.5 Å². The van der Waals surface area contributed by atoms with E-state index in [1.54, 1.807) is 0 Å². The maximum absolute atomic E-state index is 13.0. The molecule has 0 rings (SSSR count). The van der Waals surface area contributed by atoms with Gasteiger partial charge in [0.15, 0.2) is 0 Å². The molecule has 4 nitrogen and oxygen atoms in total. The van der Waals surface area contributed by atoms with Gasteiger partial charge in [0.2, 0.25) is 0 Å². The highest BCUT2D eigenvalue weighted by Crippen LogP contribution is 2.55. The van der Waals surface area contributed by atoms with Crippen molar-refractivity contribution in [2.24, 2.45) is 0 Å². The van der Waals surface area contributed by atoms with Crippen molar-refractivity contribution in [1.82, 2.24) is 13.5 Å².